The number of imide groups is 1. The van der Waals surface area contributed by atoms with Crippen molar-refractivity contribution < 1.29 is 19.1 Å². The standard InChI is InChI=1S/C19H16BrNO4S/c1-21-18(22)16(26-19(21)23)10-13-8-14(20)17(15(9-13)24-2)25-11-12-6-4-3-5-7-12/h3-10H,11H2,1-2H3/b16-10-. The highest BCUT2D eigenvalue weighted by Gasteiger charge is 2.31. The largest absolute Gasteiger partial charge is 0.493 e. The second-order valence-corrected chi connectivity index (χ2v) is 7.40. The Balaban J connectivity index is 1.86. The number of carbonyl (C=O) groups is 2. The van der Waals surface area contributed by atoms with E-state index >= 15 is 0 Å². The molecule has 1 aliphatic heterocycles. The van der Waals surface area contributed by atoms with Crippen molar-refractivity contribution in [2.45, 2.75) is 6.61 Å². The summed E-state index contributed by atoms with van der Waals surface area (Å²) in [7, 11) is 3.02. The fourth-order valence-electron chi connectivity index (χ4n) is 2.39. The number of carbonyl (C=O) groups excluding carboxylic acids is 2. The maximum atomic E-state index is 12.0. The van der Waals surface area contributed by atoms with Gasteiger partial charge in [-0.1, -0.05) is 30.3 Å². The fraction of sp³-hybridized carbons (Fsp3) is 0.158. The molecule has 1 saturated heterocycles. The minimum Gasteiger partial charge on any atom is -0.493 e. The molecule has 0 saturated carbocycles. The van der Waals surface area contributed by atoms with E-state index in [1.807, 2.05) is 36.4 Å². The van der Waals surface area contributed by atoms with Crippen LogP contribution in [-0.2, 0) is 11.4 Å². The number of hydrogen-bond acceptors (Lipinski definition) is 5. The van der Waals surface area contributed by atoms with Gasteiger partial charge in [-0.15, -0.1) is 0 Å². The van der Waals surface area contributed by atoms with E-state index in [9.17, 15) is 9.59 Å². The normalized spacial score (nSPS) is 15.7. The molecule has 0 radical (unpaired) electrons. The van der Waals surface area contributed by atoms with Gasteiger partial charge in [-0.3, -0.25) is 14.5 Å². The molecule has 134 valence electrons. The SMILES string of the molecule is COc1cc(/C=C2\SC(=O)N(C)C2=O)cc(Br)c1OCc1ccccc1. The van der Waals surface area contributed by atoms with Crippen molar-refractivity contribution in [3.05, 3.63) is 63.0 Å². The summed E-state index contributed by atoms with van der Waals surface area (Å²) in [6.07, 6.45) is 1.67. The first kappa shape index (κ1) is 18.5. The van der Waals surface area contributed by atoms with Crippen LogP contribution >= 0.6 is 27.7 Å². The number of likely N-dealkylation sites (N-methyl/N-ethyl adjacent to an activating group) is 1. The molecule has 7 heteroatoms. The molecule has 0 bridgehead atoms. The maximum Gasteiger partial charge on any atom is 0.293 e. The van der Waals surface area contributed by atoms with E-state index in [-0.39, 0.29) is 11.1 Å². The first-order valence-electron chi connectivity index (χ1n) is 7.75. The molecule has 0 N–H and O–H groups in total. The van der Waals surface area contributed by atoms with Crippen molar-refractivity contribution in [2.75, 3.05) is 14.2 Å². The second-order valence-electron chi connectivity index (χ2n) is 5.55. The van der Waals surface area contributed by atoms with Gasteiger partial charge in [0.1, 0.15) is 6.61 Å². The topological polar surface area (TPSA) is 55.8 Å². The molecule has 26 heavy (non-hydrogen) atoms. The van der Waals surface area contributed by atoms with E-state index in [0.717, 1.165) is 27.8 Å². The van der Waals surface area contributed by atoms with E-state index in [1.165, 1.54) is 7.05 Å². The number of halogens is 1. The Labute approximate surface area is 164 Å². The number of hydrogen-bond donors (Lipinski definition) is 0. The van der Waals surface area contributed by atoms with E-state index in [0.29, 0.717) is 27.5 Å². The molecule has 3 rings (SSSR count). The molecule has 0 aliphatic carbocycles. The molecule has 0 spiro atoms. The number of ether oxygens (including phenoxy) is 2. The van der Waals surface area contributed by atoms with Crippen LogP contribution < -0.4 is 9.47 Å². The molecule has 2 amide bonds. The summed E-state index contributed by atoms with van der Waals surface area (Å²) in [5, 5.41) is -0.282. The first-order valence-corrected chi connectivity index (χ1v) is 9.36. The smallest absolute Gasteiger partial charge is 0.293 e. The zero-order valence-electron chi connectivity index (χ0n) is 14.2. The van der Waals surface area contributed by atoms with Crippen LogP contribution in [-0.4, -0.2) is 30.2 Å². The van der Waals surface area contributed by atoms with Crippen LogP contribution in [0.25, 0.3) is 6.08 Å². The summed E-state index contributed by atoms with van der Waals surface area (Å²) in [6, 6.07) is 13.4. The van der Waals surface area contributed by atoms with E-state index < -0.39 is 0 Å². The summed E-state index contributed by atoms with van der Waals surface area (Å²) in [5.74, 6) is 0.814. The summed E-state index contributed by atoms with van der Waals surface area (Å²) in [4.78, 5) is 25.1. The Morgan fingerprint density at radius 2 is 1.92 bits per heavy atom. The highest BCUT2D eigenvalue weighted by atomic mass is 79.9. The minimum atomic E-state index is -0.306. The molecular formula is C19H16BrNO4S. The van der Waals surface area contributed by atoms with Crippen molar-refractivity contribution in [3.63, 3.8) is 0 Å². The summed E-state index contributed by atoms with van der Waals surface area (Å²) < 4.78 is 12.0. The first-order chi connectivity index (χ1) is 12.5. The third-order valence-electron chi connectivity index (χ3n) is 3.76. The molecule has 5 nitrogen and oxygen atoms in total. The number of thioether (sulfide) groups is 1. The van der Waals surface area contributed by atoms with Gasteiger partial charge in [0, 0.05) is 7.05 Å². The molecule has 2 aromatic carbocycles. The lowest BCUT2D eigenvalue weighted by Gasteiger charge is -2.14. The van der Waals surface area contributed by atoms with Gasteiger partial charge in [-0.2, -0.15) is 0 Å². The van der Waals surface area contributed by atoms with Crippen molar-refractivity contribution in [1.82, 2.24) is 4.90 Å². The van der Waals surface area contributed by atoms with E-state index in [4.69, 9.17) is 9.47 Å². The Bertz CT molecular complexity index is 883. The van der Waals surface area contributed by atoms with Gasteiger partial charge in [0.05, 0.1) is 16.5 Å². The number of benzene rings is 2. The molecule has 0 unspecified atom stereocenters. The number of methoxy groups -OCH3 is 1. The monoisotopic (exact) mass is 433 g/mol. The lowest BCUT2D eigenvalue weighted by molar-refractivity contribution is -0.121. The van der Waals surface area contributed by atoms with Crippen molar-refractivity contribution in [3.8, 4) is 11.5 Å². The van der Waals surface area contributed by atoms with Gasteiger partial charge in [0.2, 0.25) is 0 Å². The highest BCUT2D eigenvalue weighted by Crippen LogP contribution is 2.39. The molecule has 1 aliphatic rings. The highest BCUT2D eigenvalue weighted by molar-refractivity contribution is 9.10. The average molecular weight is 434 g/mol. The van der Waals surface area contributed by atoms with Crippen LogP contribution in [0.4, 0.5) is 4.79 Å². The average Bonchev–Trinajstić information content (AvgIpc) is 2.88. The molecule has 1 fully saturated rings. The number of amides is 2. The number of nitrogens with zero attached hydrogens (tertiary/aromatic N) is 1. The van der Waals surface area contributed by atoms with E-state index in [2.05, 4.69) is 15.9 Å². The van der Waals surface area contributed by atoms with Crippen LogP contribution in [0.1, 0.15) is 11.1 Å². The van der Waals surface area contributed by atoms with Gasteiger partial charge in [0.25, 0.3) is 11.1 Å². The van der Waals surface area contributed by atoms with Crippen LogP contribution in [0.15, 0.2) is 51.8 Å². The van der Waals surface area contributed by atoms with Crippen LogP contribution in [0.2, 0.25) is 0 Å². The Hall–Kier alpha value is -2.25. The van der Waals surface area contributed by atoms with Crippen LogP contribution in [0.5, 0.6) is 11.5 Å². The van der Waals surface area contributed by atoms with Gasteiger partial charge in [-0.25, -0.2) is 0 Å². The second kappa shape index (κ2) is 7.97. The quantitative estimate of drug-likeness (QED) is 0.639. The van der Waals surface area contributed by atoms with E-state index in [1.54, 1.807) is 19.3 Å². The fourth-order valence-corrected chi connectivity index (χ4v) is 3.79. The van der Waals surface area contributed by atoms with Crippen LogP contribution in [0.3, 0.4) is 0 Å². The van der Waals surface area contributed by atoms with Crippen LogP contribution in [0, 0.1) is 0 Å². The molecule has 0 aromatic heterocycles. The zero-order chi connectivity index (χ0) is 18.7. The summed E-state index contributed by atoms with van der Waals surface area (Å²) >= 11 is 4.42. The zero-order valence-corrected chi connectivity index (χ0v) is 16.6. The van der Waals surface area contributed by atoms with Crippen molar-refractivity contribution in [1.29, 1.82) is 0 Å². The number of rotatable bonds is 5. The summed E-state index contributed by atoms with van der Waals surface area (Å²) in [6.45, 7) is 0.407. The Kier molecular flexibility index (Phi) is 5.68. The molecule has 1 heterocycles. The lowest BCUT2D eigenvalue weighted by atomic mass is 10.1. The lowest BCUT2D eigenvalue weighted by Crippen LogP contribution is -2.22. The minimum absolute atomic E-state index is 0.282. The summed E-state index contributed by atoms with van der Waals surface area (Å²) in [5.41, 5.74) is 1.78. The van der Waals surface area contributed by atoms with Gasteiger partial charge in [0.15, 0.2) is 11.5 Å². The maximum absolute atomic E-state index is 12.0. The van der Waals surface area contributed by atoms with Gasteiger partial charge >= 0.3 is 0 Å². The molecule has 2 aromatic rings. The van der Waals surface area contributed by atoms with Crippen molar-refractivity contribution in [2.24, 2.45) is 0 Å². The van der Waals surface area contributed by atoms with Gasteiger partial charge in [-0.05, 0) is 57.0 Å². The molecule has 0 atom stereocenters. The molecular weight excluding hydrogens is 418 g/mol. The third kappa shape index (κ3) is 3.94. The predicted octanol–water partition coefficient (Wildman–Crippen LogP) is 4.70. The van der Waals surface area contributed by atoms with Gasteiger partial charge < -0.3 is 9.47 Å². The predicted molar refractivity (Wildman–Crippen MR) is 105 cm³/mol. The van der Waals surface area contributed by atoms with Crippen molar-refractivity contribution >= 4 is 44.9 Å². The Morgan fingerprint density at radius 1 is 1.19 bits per heavy atom. The Morgan fingerprint density at radius 3 is 2.54 bits per heavy atom. The third-order valence-corrected chi connectivity index (χ3v) is 5.31.